The first-order valence-corrected chi connectivity index (χ1v) is 11.0. The van der Waals surface area contributed by atoms with E-state index in [-0.39, 0.29) is 54.5 Å². The third-order valence-electron chi connectivity index (χ3n) is 4.50. The van der Waals surface area contributed by atoms with Gasteiger partial charge in [0.2, 0.25) is 0 Å². The summed E-state index contributed by atoms with van der Waals surface area (Å²) in [7, 11) is 0.0972. The minimum Gasteiger partial charge on any atom is -1.00 e. The molecule has 4 rings (SSSR count). The molecule has 0 fully saturated rings. The van der Waals surface area contributed by atoms with Crippen LogP contribution < -0.4 is 30.1 Å². The molecule has 0 bridgehead atoms. The molecular formula is C24H27Cl2PTi. The largest absolute Gasteiger partial charge is 4.00 e. The fraction of sp³-hybridized carbons (Fsp3) is 0.250. The topological polar surface area (TPSA) is 0 Å². The Balaban J connectivity index is 0.000000525. The van der Waals surface area contributed by atoms with Gasteiger partial charge in [0.05, 0.1) is 0 Å². The molecule has 0 aromatic heterocycles. The van der Waals surface area contributed by atoms with Crippen molar-refractivity contribution in [2.75, 3.05) is 12.3 Å². The molecule has 4 heteroatoms. The van der Waals surface area contributed by atoms with Crippen molar-refractivity contribution in [1.29, 1.82) is 0 Å². The number of rotatable bonds is 5. The zero-order chi connectivity index (χ0) is 17.5. The van der Waals surface area contributed by atoms with E-state index in [4.69, 9.17) is 0 Å². The molecular weight excluding hydrogens is 438 g/mol. The summed E-state index contributed by atoms with van der Waals surface area (Å²) in [5.41, 5.74) is 0. The molecule has 28 heavy (non-hydrogen) atoms. The maximum atomic E-state index is 2.41. The van der Waals surface area contributed by atoms with Crippen LogP contribution in [0.1, 0.15) is 26.7 Å². The van der Waals surface area contributed by atoms with Crippen molar-refractivity contribution in [3.05, 3.63) is 78.9 Å². The Morgan fingerprint density at radius 1 is 0.750 bits per heavy atom. The van der Waals surface area contributed by atoms with Gasteiger partial charge in [-0.3, -0.25) is 0 Å². The van der Waals surface area contributed by atoms with Crippen LogP contribution in [0.4, 0.5) is 0 Å². The van der Waals surface area contributed by atoms with Gasteiger partial charge in [-0.25, -0.2) is 0 Å². The Hall–Kier alpha value is -0.616. The van der Waals surface area contributed by atoms with E-state index >= 15 is 0 Å². The molecule has 0 unspecified atom stereocenters. The predicted molar refractivity (Wildman–Crippen MR) is 116 cm³/mol. The van der Waals surface area contributed by atoms with Crippen LogP contribution >= 0.6 is 7.92 Å². The molecule has 146 valence electrons. The van der Waals surface area contributed by atoms with Crippen molar-refractivity contribution in [1.82, 2.24) is 0 Å². The first kappa shape index (κ1) is 27.4. The molecule has 4 aromatic rings. The average Bonchev–Trinajstić information content (AvgIpc) is 3.28. The fourth-order valence-electron chi connectivity index (χ4n) is 3.30. The van der Waals surface area contributed by atoms with Gasteiger partial charge in [-0.2, -0.15) is 23.6 Å². The maximum Gasteiger partial charge on any atom is 4.00 e. The van der Waals surface area contributed by atoms with Crippen LogP contribution in [-0.4, -0.2) is 12.3 Å². The minimum absolute atomic E-state index is 0. The molecule has 4 aromatic carbocycles. The van der Waals surface area contributed by atoms with E-state index in [9.17, 15) is 0 Å². The van der Waals surface area contributed by atoms with Gasteiger partial charge in [0.1, 0.15) is 0 Å². The van der Waals surface area contributed by atoms with Crippen LogP contribution in [0.2, 0.25) is 0 Å². The van der Waals surface area contributed by atoms with Gasteiger partial charge >= 0.3 is 21.7 Å². The van der Waals surface area contributed by atoms with Crippen molar-refractivity contribution in [2.24, 2.45) is 0 Å². The Morgan fingerprint density at radius 3 is 1.89 bits per heavy atom. The second-order valence-electron chi connectivity index (χ2n) is 6.48. The number of hydrogen-bond acceptors (Lipinski definition) is 0. The molecule has 0 radical (unpaired) electrons. The standard InChI is InChI=1S/C15H20P.C9H7.2ClH.Ti/c1-3-9-16(10-4-2)15-11-13-7-5-6-8-14(13)12-15;1-2-5-9-7-3-6-8(9)4-1;;;/h5-8,11-12H,3-4,9-10H2,1-2H3;1-7H;2*1H;/q2*-1;;;+4/p-2. The second kappa shape index (κ2) is 14.4. The molecule has 0 saturated heterocycles. The van der Waals surface area contributed by atoms with E-state index in [0.717, 1.165) is 0 Å². The van der Waals surface area contributed by atoms with Gasteiger partial charge < -0.3 is 24.8 Å². The van der Waals surface area contributed by atoms with Crippen molar-refractivity contribution in [3.63, 3.8) is 0 Å². The van der Waals surface area contributed by atoms with Crippen molar-refractivity contribution in [2.45, 2.75) is 26.7 Å². The number of fused-ring (bicyclic) bond motifs is 2. The third kappa shape index (κ3) is 7.33. The molecule has 0 spiro atoms. The Kier molecular flexibility index (Phi) is 14.1. The van der Waals surface area contributed by atoms with Crippen LogP contribution in [0.3, 0.4) is 0 Å². The molecule has 0 atom stereocenters. The molecule has 0 heterocycles. The predicted octanol–water partition coefficient (Wildman–Crippen LogP) is 1.05. The first-order chi connectivity index (χ1) is 12.3. The summed E-state index contributed by atoms with van der Waals surface area (Å²) in [5.74, 6) is 0. The molecule has 0 N–H and O–H groups in total. The van der Waals surface area contributed by atoms with Crippen LogP contribution in [-0.2, 0) is 21.7 Å². The third-order valence-corrected chi connectivity index (χ3v) is 7.47. The Morgan fingerprint density at radius 2 is 1.32 bits per heavy atom. The normalized spacial score (nSPS) is 9.82. The SMILES string of the molecule is CCCP(CCC)c1cc2ccccc2[cH-]1.[Cl-].[Cl-].[Ti+4].c1ccc2[cH-]ccc2c1. The van der Waals surface area contributed by atoms with E-state index in [1.807, 2.05) is 0 Å². The van der Waals surface area contributed by atoms with Gasteiger partial charge in [-0.1, -0.05) is 46.7 Å². The Labute approximate surface area is 198 Å². The molecule has 0 aliphatic heterocycles. The van der Waals surface area contributed by atoms with E-state index in [0.29, 0.717) is 0 Å². The minimum atomic E-state index is 0. The van der Waals surface area contributed by atoms with Gasteiger partial charge in [-0.15, -0.1) is 70.0 Å². The van der Waals surface area contributed by atoms with Gasteiger partial charge in [-0.05, 0) is 12.3 Å². The van der Waals surface area contributed by atoms with Crippen molar-refractivity contribution in [3.8, 4) is 0 Å². The van der Waals surface area contributed by atoms with Gasteiger partial charge in [0, 0.05) is 0 Å². The number of hydrogen-bond donors (Lipinski definition) is 0. The van der Waals surface area contributed by atoms with Crippen molar-refractivity contribution < 1.29 is 46.5 Å². The molecule has 0 aliphatic rings. The van der Waals surface area contributed by atoms with Gasteiger partial charge in [0.25, 0.3) is 0 Å². The summed E-state index contributed by atoms with van der Waals surface area (Å²) in [6, 6.07) is 28.2. The second-order valence-corrected chi connectivity index (χ2v) is 8.97. The molecule has 0 saturated carbocycles. The summed E-state index contributed by atoms with van der Waals surface area (Å²) >= 11 is 0. The van der Waals surface area contributed by atoms with E-state index < -0.39 is 0 Å². The zero-order valence-electron chi connectivity index (χ0n) is 16.5. The van der Waals surface area contributed by atoms with Crippen LogP contribution in [0, 0.1) is 0 Å². The van der Waals surface area contributed by atoms with Crippen LogP contribution in [0.15, 0.2) is 78.9 Å². The monoisotopic (exact) mass is 464 g/mol. The first-order valence-electron chi connectivity index (χ1n) is 9.32. The summed E-state index contributed by atoms with van der Waals surface area (Å²) in [5, 5.41) is 7.10. The van der Waals surface area contributed by atoms with Crippen LogP contribution in [0.25, 0.3) is 21.5 Å². The van der Waals surface area contributed by atoms with E-state index in [1.165, 1.54) is 46.7 Å². The Bertz CT molecular complexity index is 844. The summed E-state index contributed by atoms with van der Waals surface area (Å²) in [6.07, 6.45) is 5.40. The number of halogens is 2. The molecule has 0 nitrogen and oxygen atoms in total. The van der Waals surface area contributed by atoms with E-state index in [1.54, 1.807) is 5.30 Å². The maximum absolute atomic E-state index is 2.41. The summed E-state index contributed by atoms with van der Waals surface area (Å²) in [4.78, 5) is 0. The summed E-state index contributed by atoms with van der Waals surface area (Å²) in [6.45, 7) is 4.60. The number of benzene rings is 2. The van der Waals surface area contributed by atoms with Crippen molar-refractivity contribution >= 4 is 34.8 Å². The fourth-order valence-corrected chi connectivity index (χ4v) is 5.76. The molecule has 0 amide bonds. The van der Waals surface area contributed by atoms with E-state index in [2.05, 4.69) is 92.7 Å². The summed E-state index contributed by atoms with van der Waals surface area (Å²) < 4.78 is 0. The smallest absolute Gasteiger partial charge is 1.00 e. The quantitative estimate of drug-likeness (QED) is 0.235. The van der Waals surface area contributed by atoms with Gasteiger partial charge in [0.15, 0.2) is 0 Å². The average molecular weight is 465 g/mol. The zero-order valence-corrected chi connectivity index (χ0v) is 20.5. The molecule has 0 aliphatic carbocycles. The van der Waals surface area contributed by atoms with Crippen LogP contribution in [0.5, 0.6) is 0 Å².